The van der Waals surface area contributed by atoms with Gasteiger partial charge in [-0.3, -0.25) is 9.59 Å². The molecule has 12 nitrogen and oxygen atoms in total. The zero-order chi connectivity index (χ0) is 34.7. The number of carboxylic acid groups (broad SMARTS) is 2. The lowest BCUT2D eigenvalue weighted by molar-refractivity contribution is -0.150. The topological polar surface area (TPSA) is 196 Å². The van der Waals surface area contributed by atoms with Crippen molar-refractivity contribution in [2.45, 2.75) is 147 Å². The Hall–Kier alpha value is -2.58. The number of nitriles is 2. The molecule has 0 radical (unpaired) electrons. The Morgan fingerprint density at radius 1 is 0.614 bits per heavy atom. The van der Waals surface area contributed by atoms with E-state index in [9.17, 15) is 25.2 Å². The Labute approximate surface area is 272 Å². The molecule has 14 heteroatoms. The van der Waals surface area contributed by atoms with E-state index in [0.29, 0.717) is 11.5 Å². The third-order valence-corrected chi connectivity index (χ3v) is 8.58. The molecule has 0 aliphatic rings. The summed E-state index contributed by atoms with van der Waals surface area (Å²) < 4.78 is 0. The van der Waals surface area contributed by atoms with Gasteiger partial charge in [0.15, 0.2) is 11.1 Å². The number of hydrogen-bond donors (Lipinski definition) is 2. The summed E-state index contributed by atoms with van der Waals surface area (Å²) in [5, 5.41) is 65.5. The number of carboxylic acids is 2. The van der Waals surface area contributed by atoms with E-state index >= 15 is 0 Å². The quantitative estimate of drug-likeness (QED) is 0.137. The first-order chi connectivity index (χ1) is 19.7. The third kappa shape index (κ3) is 17.0. The Kier molecular flexibility index (Phi) is 15.2. The maximum atomic E-state index is 13.1. The minimum atomic E-state index is -1.59. The van der Waals surface area contributed by atoms with E-state index in [1.807, 2.05) is 75.3 Å². The van der Waals surface area contributed by atoms with Crippen LogP contribution in [0.15, 0.2) is 30.7 Å². The molecule has 0 heterocycles. The lowest BCUT2D eigenvalue weighted by Crippen LogP contribution is -2.40. The molecule has 0 fully saturated rings. The first-order valence-corrected chi connectivity index (χ1v) is 16.6. The molecule has 0 saturated carbocycles. The molecule has 0 spiro atoms. The molecule has 0 amide bonds. The van der Waals surface area contributed by atoms with Gasteiger partial charge in [-0.1, -0.05) is 0 Å². The van der Waals surface area contributed by atoms with E-state index in [0.717, 1.165) is 0 Å². The van der Waals surface area contributed by atoms with Crippen molar-refractivity contribution >= 4 is 35.5 Å². The van der Waals surface area contributed by atoms with Crippen LogP contribution in [0, 0.1) is 28.1 Å². The van der Waals surface area contributed by atoms with Gasteiger partial charge in [0.25, 0.3) is 0 Å². The normalized spacial score (nSPS) is 16.5. The van der Waals surface area contributed by atoms with Crippen LogP contribution < -0.4 is 0 Å². The summed E-state index contributed by atoms with van der Waals surface area (Å²) in [6.45, 7) is 22.3. The number of carbonyl (C=O) groups is 2. The lowest BCUT2D eigenvalue weighted by Gasteiger charge is -2.35. The van der Waals surface area contributed by atoms with E-state index < -0.39 is 38.2 Å². The van der Waals surface area contributed by atoms with Crippen LogP contribution in [-0.2, 0) is 9.59 Å². The third-order valence-electron chi connectivity index (χ3n) is 6.19. The Balaban J connectivity index is 6.38. The van der Waals surface area contributed by atoms with E-state index in [-0.39, 0.29) is 43.2 Å². The molecule has 0 aromatic carbocycles. The second-order valence-corrected chi connectivity index (χ2v) is 17.9. The number of rotatable bonds is 18. The molecule has 2 unspecified atom stereocenters. The van der Waals surface area contributed by atoms with Gasteiger partial charge in [0.05, 0.1) is 28.6 Å². The summed E-state index contributed by atoms with van der Waals surface area (Å²) in [7, 11) is 0. The summed E-state index contributed by atoms with van der Waals surface area (Å²) in [4.78, 5) is 23.0. The van der Waals surface area contributed by atoms with Crippen molar-refractivity contribution < 1.29 is 19.8 Å². The van der Waals surface area contributed by atoms with Gasteiger partial charge in [0.1, 0.15) is 9.74 Å². The fraction of sp³-hybridized carbons (Fsp3) is 0.867. The average molecular weight is 653 g/mol. The standard InChI is InChI=1S/C30H52N8O4S2/c1-24(2,3)33-35-26(7,8)43-17-15-30(23(41)42,16-18-44-27(9,10)36-34-25(4,5)6)19-29(12,21-32)38-37-28(11,20-31)14-13-22(39)40/h13-19H2,1-12H3,(H,39,40)(H,41,42)/b35-33+,36-34+,38-37+. The Bertz CT molecular complexity index is 1120. The maximum absolute atomic E-state index is 13.1. The molecule has 0 bridgehead atoms. The SMILES string of the molecule is CC(C)(C)/N=N/C(C)(C)SCCC(CCSC(C)(C)/N=N/C(C)(C)C)(CC(C)(C#N)/N=N/C(C)(C#N)CCC(=O)O)C(=O)O. The molecule has 0 aromatic heterocycles. The van der Waals surface area contributed by atoms with E-state index in [1.54, 1.807) is 0 Å². The molecule has 0 aliphatic carbocycles. The lowest BCUT2D eigenvalue weighted by atomic mass is 9.73. The van der Waals surface area contributed by atoms with Crippen LogP contribution in [0.5, 0.6) is 0 Å². The molecule has 44 heavy (non-hydrogen) atoms. The van der Waals surface area contributed by atoms with Crippen molar-refractivity contribution in [1.82, 2.24) is 0 Å². The van der Waals surface area contributed by atoms with Crippen molar-refractivity contribution in [3.63, 3.8) is 0 Å². The van der Waals surface area contributed by atoms with E-state index in [4.69, 9.17) is 5.11 Å². The van der Waals surface area contributed by atoms with Crippen molar-refractivity contribution in [2.75, 3.05) is 11.5 Å². The summed E-state index contributed by atoms with van der Waals surface area (Å²) in [5.41, 5.74) is -5.13. The van der Waals surface area contributed by atoms with Crippen molar-refractivity contribution in [2.24, 2.45) is 36.1 Å². The average Bonchev–Trinajstić information content (AvgIpc) is 2.87. The highest BCUT2D eigenvalue weighted by Gasteiger charge is 2.46. The van der Waals surface area contributed by atoms with Crippen LogP contribution in [-0.4, -0.2) is 65.6 Å². The van der Waals surface area contributed by atoms with Crippen molar-refractivity contribution in [1.29, 1.82) is 10.5 Å². The summed E-state index contributed by atoms with van der Waals surface area (Å²) in [5.74, 6) is -1.30. The number of aliphatic carboxylic acids is 2. The molecule has 0 aliphatic heterocycles. The van der Waals surface area contributed by atoms with E-state index in [1.165, 1.54) is 37.4 Å². The molecule has 2 atom stereocenters. The van der Waals surface area contributed by atoms with Crippen LogP contribution in [0.2, 0.25) is 0 Å². The molecule has 2 N–H and O–H groups in total. The number of hydrogen-bond acceptors (Lipinski definition) is 12. The largest absolute Gasteiger partial charge is 0.481 e. The van der Waals surface area contributed by atoms with Gasteiger partial charge in [-0.05, 0) is 114 Å². The van der Waals surface area contributed by atoms with Crippen LogP contribution in [0.4, 0.5) is 0 Å². The minimum Gasteiger partial charge on any atom is -0.481 e. The summed E-state index contributed by atoms with van der Waals surface area (Å²) in [6.07, 6.45) is -0.131. The van der Waals surface area contributed by atoms with Crippen LogP contribution in [0.25, 0.3) is 0 Å². The first kappa shape index (κ1) is 41.4. The van der Waals surface area contributed by atoms with Gasteiger partial charge < -0.3 is 10.2 Å². The second-order valence-electron chi connectivity index (χ2n) is 14.5. The monoisotopic (exact) mass is 652 g/mol. The molecule has 0 saturated heterocycles. The van der Waals surface area contributed by atoms with Gasteiger partial charge in [-0.2, -0.15) is 41.2 Å². The van der Waals surface area contributed by atoms with Gasteiger partial charge in [0.2, 0.25) is 0 Å². The molecular formula is C30H52N8O4S2. The van der Waals surface area contributed by atoms with Gasteiger partial charge in [-0.25, -0.2) is 0 Å². The van der Waals surface area contributed by atoms with Gasteiger partial charge in [0, 0.05) is 12.8 Å². The summed E-state index contributed by atoms with van der Waals surface area (Å²) in [6, 6.07) is 4.08. The maximum Gasteiger partial charge on any atom is 0.309 e. The number of thioether (sulfide) groups is 2. The number of nitrogens with zero attached hydrogens (tertiary/aromatic N) is 8. The predicted octanol–water partition coefficient (Wildman–Crippen LogP) is 8.55. The van der Waals surface area contributed by atoms with Crippen LogP contribution in [0.1, 0.15) is 115 Å². The highest BCUT2D eigenvalue weighted by Crippen LogP contribution is 2.43. The predicted molar refractivity (Wildman–Crippen MR) is 176 cm³/mol. The Morgan fingerprint density at radius 2 is 1.00 bits per heavy atom. The first-order valence-electron chi connectivity index (χ1n) is 14.6. The minimum absolute atomic E-state index is 0.0996. The second kappa shape index (κ2) is 16.1. The van der Waals surface area contributed by atoms with Crippen molar-refractivity contribution in [3.8, 4) is 12.1 Å². The number of azo groups is 3. The fourth-order valence-electron chi connectivity index (χ4n) is 3.64. The van der Waals surface area contributed by atoms with Crippen LogP contribution >= 0.6 is 23.5 Å². The fourth-order valence-corrected chi connectivity index (χ4v) is 5.82. The Morgan fingerprint density at radius 3 is 1.32 bits per heavy atom. The molecular weight excluding hydrogens is 601 g/mol. The van der Waals surface area contributed by atoms with Gasteiger partial charge in [-0.15, -0.1) is 23.5 Å². The van der Waals surface area contributed by atoms with Gasteiger partial charge >= 0.3 is 11.9 Å². The summed E-state index contributed by atoms with van der Waals surface area (Å²) >= 11 is 2.96. The highest BCUT2D eigenvalue weighted by atomic mass is 32.2. The zero-order valence-electron chi connectivity index (χ0n) is 28.6. The zero-order valence-corrected chi connectivity index (χ0v) is 30.2. The van der Waals surface area contributed by atoms with Crippen LogP contribution in [0.3, 0.4) is 0 Å². The van der Waals surface area contributed by atoms with Crippen molar-refractivity contribution in [3.05, 3.63) is 0 Å². The highest BCUT2D eigenvalue weighted by molar-refractivity contribution is 8.00. The molecule has 0 aromatic rings. The smallest absolute Gasteiger partial charge is 0.309 e. The molecule has 0 rings (SSSR count). The van der Waals surface area contributed by atoms with E-state index in [2.05, 4.69) is 36.8 Å². The molecule has 248 valence electrons.